The molecule has 1 N–H and O–H groups in total. The summed E-state index contributed by atoms with van der Waals surface area (Å²) in [7, 11) is 0. The van der Waals surface area contributed by atoms with Crippen molar-refractivity contribution in [3.05, 3.63) is 38.8 Å². The van der Waals surface area contributed by atoms with Crippen molar-refractivity contribution in [2.45, 2.75) is 26.3 Å². The number of hydrogen-bond acceptors (Lipinski definition) is 3. The first kappa shape index (κ1) is 14.3. The first-order valence-corrected chi connectivity index (χ1v) is 7.74. The lowest BCUT2D eigenvalue weighted by atomic mass is 10.3. The molecule has 19 heavy (non-hydrogen) atoms. The van der Waals surface area contributed by atoms with Crippen molar-refractivity contribution in [2.75, 3.05) is 6.54 Å². The molecular formula is C13H16BrN3OS. The van der Waals surface area contributed by atoms with Crippen molar-refractivity contribution in [2.24, 2.45) is 0 Å². The van der Waals surface area contributed by atoms with Crippen LogP contribution in [0.15, 0.2) is 28.3 Å². The summed E-state index contributed by atoms with van der Waals surface area (Å²) in [5, 5.41) is 7.13. The molecule has 0 unspecified atom stereocenters. The number of carbonyl (C=O) groups excluding carboxylic acids is 1. The minimum absolute atomic E-state index is 0.0750. The Labute approximate surface area is 125 Å². The second-order valence-corrected chi connectivity index (χ2v) is 6.91. The van der Waals surface area contributed by atoms with Crippen LogP contribution in [0.3, 0.4) is 0 Å². The van der Waals surface area contributed by atoms with Crippen molar-refractivity contribution in [1.29, 1.82) is 0 Å². The SMILES string of the molecule is Cc1cnn(CCCNC(=O)Cc2ccc(Br)s2)c1. The minimum Gasteiger partial charge on any atom is -0.356 e. The Morgan fingerprint density at radius 1 is 1.53 bits per heavy atom. The van der Waals surface area contributed by atoms with E-state index in [1.807, 2.05) is 36.1 Å². The molecular weight excluding hydrogens is 326 g/mol. The molecule has 0 saturated heterocycles. The summed E-state index contributed by atoms with van der Waals surface area (Å²) in [5.74, 6) is 0.0750. The molecule has 0 bridgehead atoms. The van der Waals surface area contributed by atoms with E-state index < -0.39 is 0 Å². The molecule has 0 aromatic carbocycles. The minimum atomic E-state index is 0.0750. The molecule has 0 spiro atoms. The second-order valence-electron chi connectivity index (χ2n) is 4.37. The van der Waals surface area contributed by atoms with Gasteiger partial charge in [-0.2, -0.15) is 5.10 Å². The maximum Gasteiger partial charge on any atom is 0.225 e. The van der Waals surface area contributed by atoms with Gasteiger partial charge in [0.2, 0.25) is 5.91 Å². The first-order chi connectivity index (χ1) is 9.13. The van der Waals surface area contributed by atoms with Gasteiger partial charge in [0.15, 0.2) is 0 Å². The number of rotatable bonds is 6. The average Bonchev–Trinajstić information content (AvgIpc) is 2.94. The lowest BCUT2D eigenvalue weighted by molar-refractivity contribution is -0.120. The zero-order chi connectivity index (χ0) is 13.7. The van der Waals surface area contributed by atoms with Crippen LogP contribution in [0.25, 0.3) is 0 Å². The quantitative estimate of drug-likeness (QED) is 0.821. The van der Waals surface area contributed by atoms with Gasteiger partial charge in [-0.1, -0.05) is 0 Å². The fourth-order valence-corrected chi connectivity index (χ4v) is 3.21. The molecule has 1 amide bonds. The third-order valence-electron chi connectivity index (χ3n) is 2.61. The van der Waals surface area contributed by atoms with E-state index in [0.29, 0.717) is 13.0 Å². The molecule has 0 radical (unpaired) electrons. The third kappa shape index (κ3) is 4.80. The largest absolute Gasteiger partial charge is 0.356 e. The molecule has 0 aliphatic carbocycles. The summed E-state index contributed by atoms with van der Waals surface area (Å²) in [6.45, 7) is 3.54. The summed E-state index contributed by atoms with van der Waals surface area (Å²) in [6.07, 6.45) is 5.19. The Morgan fingerprint density at radius 3 is 3.00 bits per heavy atom. The zero-order valence-corrected chi connectivity index (χ0v) is 13.1. The molecule has 0 aliphatic rings. The standard InChI is InChI=1S/C13H16BrN3OS/c1-10-8-16-17(9-10)6-2-5-15-13(18)7-11-3-4-12(14)19-11/h3-4,8-9H,2,5-7H2,1H3,(H,15,18). The Kier molecular flexibility index (Phi) is 5.15. The van der Waals surface area contributed by atoms with Gasteiger partial charge in [0.25, 0.3) is 0 Å². The zero-order valence-electron chi connectivity index (χ0n) is 10.7. The number of hydrogen-bond donors (Lipinski definition) is 1. The van der Waals surface area contributed by atoms with Crippen LogP contribution in [0.5, 0.6) is 0 Å². The van der Waals surface area contributed by atoms with Gasteiger partial charge in [0.05, 0.1) is 16.4 Å². The van der Waals surface area contributed by atoms with Crippen LogP contribution in [0, 0.1) is 6.92 Å². The van der Waals surface area contributed by atoms with Gasteiger partial charge in [-0.15, -0.1) is 11.3 Å². The molecule has 6 heteroatoms. The van der Waals surface area contributed by atoms with Gasteiger partial charge in [0, 0.05) is 24.2 Å². The predicted octanol–water partition coefficient (Wildman–Crippen LogP) is 2.76. The molecule has 0 fully saturated rings. The maximum atomic E-state index is 11.7. The Balaban J connectivity index is 1.64. The van der Waals surface area contributed by atoms with E-state index in [0.717, 1.165) is 27.2 Å². The first-order valence-electron chi connectivity index (χ1n) is 6.13. The van der Waals surface area contributed by atoms with Crippen LogP contribution in [0.4, 0.5) is 0 Å². The van der Waals surface area contributed by atoms with Crippen LogP contribution < -0.4 is 5.32 Å². The monoisotopic (exact) mass is 341 g/mol. The fourth-order valence-electron chi connectivity index (χ4n) is 1.73. The number of nitrogens with zero attached hydrogens (tertiary/aromatic N) is 2. The van der Waals surface area contributed by atoms with Gasteiger partial charge in [-0.05, 0) is 47.0 Å². The highest BCUT2D eigenvalue weighted by Crippen LogP contribution is 2.22. The lowest BCUT2D eigenvalue weighted by Crippen LogP contribution is -2.26. The molecule has 2 aromatic rings. The lowest BCUT2D eigenvalue weighted by Gasteiger charge is -2.04. The Morgan fingerprint density at radius 2 is 2.37 bits per heavy atom. The highest BCUT2D eigenvalue weighted by molar-refractivity contribution is 9.11. The van der Waals surface area contributed by atoms with E-state index >= 15 is 0 Å². The van der Waals surface area contributed by atoms with Gasteiger partial charge in [-0.3, -0.25) is 9.48 Å². The van der Waals surface area contributed by atoms with Gasteiger partial charge >= 0.3 is 0 Å². The van der Waals surface area contributed by atoms with Crippen molar-refractivity contribution in [1.82, 2.24) is 15.1 Å². The highest BCUT2D eigenvalue weighted by atomic mass is 79.9. The van der Waals surface area contributed by atoms with Crippen LogP contribution >= 0.6 is 27.3 Å². The summed E-state index contributed by atoms with van der Waals surface area (Å²) < 4.78 is 2.96. The summed E-state index contributed by atoms with van der Waals surface area (Å²) >= 11 is 4.99. The van der Waals surface area contributed by atoms with Gasteiger partial charge in [-0.25, -0.2) is 0 Å². The van der Waals surface area contributed by atoms with Crippen molar-refractivity contribution >= 4 is 33.2 Å². The van der Waals surface area contributed by atoms with Gasteiger partial charge in [0.1, 0.15) is 0 Å². The number of halogens is 1. The number of amides is 1. The molecule has 0 saturated carbocycles. The van der Waals surface area contributed by atoms with E-state index in [4.69, 9.17) is 0 Å². The third-order valence-corrected chi connectivity index (χ3v) is 4.24. The van der Waals surface area contributed by atoms with E-state index in [1.165, 1.54) is 0 Å². The van der Waals surface area contributed by atoms with Crippen molar-refractivity contribution in [3.63, 3.8) is 0 Å². The molecule has 0 atom stereocenters. The second kappa shape index (κ2) is 6.86. The summed E-state index contributed by atoms with van der Waals surface area (Å²) in [4.78, 5) is 12.8. The summed E-state index contributed by atoms with van der Waals surface area (Å²) in [5.41, 5.74) is 1.16. The van der Waals surface area contributed by atoms with Crippen LogP contribution in [0.2, 0.25) is 0 Å². The van der Waals surface area contributed by atoms with E-state index in [9.17, 15) is 4.79 Å². The number of thiophene rings is 1. The molecule has 2 rings (SSSR count). The molecule has 2 heterocycles. The van der Waals surface area contributed by atoms with Crippen LogP contribution in [-0.4, -0.2) is 22.2 Å². The van der Waals surface area contributed by atoms with Crippen LogP contribution in [0.1, 0.15) is 16.9 Å². The smallest absolute Gasteiger partial charge is 0.225 e. The van der Waals surface area contributed by atoms with Crippen molar-refractivity contribution < 1.29 is 4.79 Å². The number of carbonyl (C=O) groups is 1. The van der Waals surface area contributed by atoms with E-state index in [1.54, 1.807) is 11.3 Å². The predicted molar refractivity (Wildman–Crippen MR) is 80.3 cm³/mol. The van der Waals surface area contributed by atoms with Gasteiger partial charge < -0.3 is 5.32 Å². The Hall–Kier alpha value is -1.14. The summed E-state index contributed by atoms with van der Waals surface area (Å²) in [6, 6.07) is 3.94. The average molecular weight is 342 g/mol. The molecule has 102 valence electrons. The highest BCUT2D eigenvalue weighted by Gasteiger charge is 2.05. The molecule has 0 aliphatic heterocycles. The fraction of sp³-hybridized carbons (Fsp3) is 0.385. The number of aromatic nitrogens is 2. The van der Waals surface area contributed by atoms with E-state index in [-0.39, 0.29) is 5.91 Å². The maximum absolute atomic E-state index is 11.7. The number of nitrogens with one attached hydrogen (secondary N) is 1. The Bertz CT molecular complexity index is 550. The van der Waals surface area contributed by atoms with Crippen molar-refractivity contribution in [3.8, 4) is 0 Å². The number of aryl methyl sites for hydroxylation is 2. The molecule has 4 nitrogen and oxygen atoms in total. The van der Waals surface area contributed by atoms with E-state index in [2.05, 4.69) is 26.3 Å². The molecule has 2 aromatic heterocycles. The normalized spacial score (nSPS) is 10.6. The van der Waals surface area contributed by atoms with Crippen LogP contribution in [-0.2, 0) is 17.8 Å². The topological polar surface area (TPSA) is 46.9 Å².